The van der Waals surface area contributed by atoms with E-state index in [2.05, 4.69) is 26.1 Å². The summed E-state index contributed by atoms with van der Waals surface area (Å²) in [5, 5.41) is 4.38. The molecule has 1 aliphatic carbocycles. The van der Waals surface area contributed by atoms with E-state index in [1.54, 1.807) is 19.1 Å². The summed E-state index contributed by atoms with van der Waals surface area (Å²) in [6.45, 7) is 10.4. The Labute approximate surface area is 267 Å². The van der Waals surface area contributed by atoms with Crippen LogP contribution in [0.5, 0.6) is 0 Å². The number of ether oxygens (including phenoxy) is 2. The summed E-state index contributed by atoms with van der Waals surface area (Å²) in [7, 11) is 2.86. The van der Waals surface area contributed by atoms with E-state index in [4.69, 9.17) is 9.47 Å². The Hall–Kier alpha value is -4.24. The van der Waals surface area contributed by atoms with Crippen molar-refractivity contribution in [2.24, 2.45) is 18.4 Å². The molecule has 2 aromatic carbocycles. The summed E-state index contributed by atoms with van der Waals surface area (Å²) >= 11 is 1.38. The van der Waals surface area contributed by atoms with Gasteiger partial charge < -0.3 is 19.4 Å². The van der Waals surface area contributed by atoms with Crippen molar-refractivity contribution in [3.05, 3.63) is 86.1 Å². The first-order chi connectivity index (χ1) is 21.3. The fraction of sp³-hybridized carbons (Fsp3) is 0.389. The van der Waals surface area contributed by atoms with Gasteiger partial charge in [0.25, 0.3) is 11.5 Å². The van der Waals surface area contributed by atoms with Gasteiger partial charge in [-0.3, -0.25) is 9.59 Å². The van der Waals surface area contributed by atoms with Gasteiger partial charge >= 0.3 is 11.9 Å². The third-order valence-corrected chi connectivity index (χ3v) is 10.0. The summed E-state index contributed by atoms with van der Waals surface area (Å²) in [4.78, 5) is 54.9. The van der Waals surface area contributed by atoms with E-state index in [1.165, 1.54) is 30.1 Å². The molecule has 2 unspecified atom stereocenters. The molecule has 8 nitrogen and oxygen atoms in total. The van der Waals surface area contributed by atoms with Crippen LogP contribution in [0.2, 0.25) is 0 Å². The van der Waals surface area contributed by atoms with Crippen LogP contribution in [0.15, 0.2) is 53.3 Å². The Balaban J connectivity index is 1.49. The van der Waals surface area contributed by atoms with Crippen LogP contribution >= 0.6 is 11.3 Å². The highest BCUT2D eigenvalue weighted by Crippen LogP contribution is 2.44. The van der Waals surface area contributed by atoms with Gasteiger partial charge in [0.05, 0.1) is 12.7 Å². The number of carbonyl (C=O) groups is 3. The van der Waals surface area contributed by atoms with Crippen molar-refractivity contribution >= 4 is 45.0 Å². The topological polar surface area (TPSA) is 104 Å². The summed E-state index contributed by atoms with van der Waals surface area (Å²) in [6.07, 6.45) is 1.49. The molecular weight excluding hydrogens is 588 g/mol. The molecule has 4 aromatic rings. The monoisotopic (exact) mass is 628 g/mol. The number of aromatic nitrogens is 1. The SMILES string of the molecule is CCC(OC(=O)c1c(-c2ccc(C)cc2)c2ccccc2c(=O)n1C)C(=O)Nc1sc2c(c1C(=O)OC)CCC(C(C)(C)C)C2. The van der Waals surface area contributed by atoms with Gasteiger partial charge in [0.15, 0.2) is 6.10 Å². The molecule has 45 heavy (non-hydrogen) atoms. The van der Waals surface area contributed by atoms with E-state index in [-0.39, 0.29) is 23.1 Å². The summed E-state index contributed by atoms with van der Waals surface area (Å²) < 4.78 is 12.3. The van der Waals surface area contributed by atoms with Gasteiger partial charge in [-0.15, -0.1) is 11.3 Å². The third kappa shape index (κ3) is 6.18. The zero-order valence-electron chi connectivity index (χ0n) is 26.9. The molecule has 1 amide bonds. The lowest BCUT2D eigenvalue weighted by molar-refractivity contribution is -0.124. The van der Waals surface area contributed by atoms with Crippen molar-refractivity contribution in [2.75, 3.05) is 12.4 Å². The van der Waals surface area contributed by atoms with E-state index in [0.29, 0.717) is 32.8 Å². The lowest BCUT2D eigenvalue weighted by atomic mass is 9.72. The number of thiophene rings is 1. The second-order valence-corrected chi connectivity index (χ2v) is 13.9. The zero-order valence-corrected chi connectivity index (χ0v) is 27.7. The van der Waals surface area contributed by atoms with Gasteiger partial charge in [-0.1, -0.05) is 75.7 Å². The van der Waals surface area contributed by atoms with Gasteiger partial charge in [0, 0.05) is 22.9 Å². The van der Waals surface area contributed by atoms with Crippen molar-refractivity contribution in [3.63, 3.8) is 0 Å². The highest BCUT2D eigenvalue weighted by molar-refractivity contribution is 7.17. The Morgan fingerprint density at radius 3 is 2.33 bits per heavy atom. The summed E-state index contributed by atoms with van der Waals surface area (Å²) in [5.41, 5.74) is 3.47. The second kappa shape index (κ2) is 12.6. The van der Waals surface area contributed by atoms with Gasteiger partial charge in [-0.2, -0.15) is 0 Å². The van der Waals surface area contributed by atoms with Crippen LogP contribution in [0.3, 0.4) is 0 Å². The number of hydrogen-bond donors (Lipinski definition) is 1. The normalized spacial score (nSPS) is 15.3. The van der Waals surface area contributed by atoms with Crippen LogP contribution < -0.4 is 10.9 Å². The number of aryl methyl sites for hydroxylation is 1. The fourth-order valence-corrected chi connectivity index (χ4v) is 7.47. The number of benzene rings is 2. The Kier molecular flexibility index (Phi) is 9.03. The number of pyridine rings is 1. The van der Waals surface area contributed by atoms with Crippen LogP contribution in [-0.4, -0.2) is 35.6 Å². The Morgan fingerprint density at radius 1 is 1.04 bits per heavy atom. The van der Waals surface area contributed by atoms with E-state index in [0.717, 1.165) is 40.8 Å². The molecule has 2 atom stereocenters. The molecule has 1 N–H and O–H groups in total. The Bertz CT molecular complexity index is 1840. The molecule has 0 fully saturated rings. The maximum absolute atomic E-state index is 13.9. The number of anilines is 1. The number of nitrogens with zero attached hydrogens (tertiary/aromatic N) is 1. The van der Waals surface area contributed by atoms with Crippen molar-refractivity contribution in [2.45, 2.75) is 66.4 Å². The molecule has 0 spiro atoms. The molecule has 0 aliphatic heterocycles. The number of carbonyl (C=O) groups excluding carboxylic acids is 3. The minimum atomic E-state index is -1.17. The van der Waals surface area contributed by atoms with Crippen LogP contribution in [0.4, 0.5) is 5.00 Å². The van der Waals surface area contributed by atoms with Gasteiger partial charge in [0.1, 0.15) is 10.7 Å². The molecule has 5 rings (SSSR count). The molecule has 2 aromatic heterocycles. The van der Waals surface area contributed by atoms with Crippen LogP contribution in [0.1, 0.15) is 77.4 Å². The number of esters is 2. The van der Waals surface area contributed by atoms with Crippen LogP contribution in [0.25, 0.3) is 21.9 Å². The Morgan fingerprint density at radius 2 is 1.71 bits per heavy atom. The minimum absolute atomic E-state index is 0.0591. The maximum atomic E-state index is 13.9. The van der Waals surface area contributed by atoms with Crippen molar-refractivity contribution in [1.29, 1.82) is 0 Å². The standard InChI is InChI=1S/C36H40N2O6S/c1-8-26(31(39)37-32-29(34(41)43-7)25-18-17-22(36(3,4)5)19-27(25)45-32)44-35(42)30-28(21-15-13-20(2)14-16-21)23-11-9-10-12-24(23)33(40)38(30)6/h9-16,22,26H,8,17-19H2,1-7H3,(H,37,39). The molecule has 0 saturated heterocycles. The van der Waals surface area contributed by atoms with E-state index < -0.39 is 23.9 Å². The predicted octanol–water partition coefficient (Wildman–Crippen LogP) is 7.09. The largest absolute Gasteiger partial charge is 0.465 e. The molecule has 1 aliphatic rings. The lowest BCUT2D eigenvalue weighted by Crippen LogP contribution is -2.34. The predicted molar refractivity (Wildman–Crippen MR) is 178 cm³/mol. The van der Waals surface area contributed by atoms with Crippen molar-refractivity contribution in [1.82, 2.24) is 4.57 Å². The molecular formula is C36H40N2O6S. The summed E-state index contributed by atoms with van der Waals surface area (Å²) in [5.74, 6) is -1.40. The van der Waals surface area contributed by atoms with E-state index in [9.17, 15) is 19.2 Å². The zero-order chi connectivity index (χ0) is 32.6. The molecule has 2 heterocycles. The number of amides is 1. The molecule has 236 valence electrons. The minimum Gasteiger partial charge on any atom is -0.465 e. The smallest absolute Gasteiger partial charge is 0.356 e. The average Bonchev–Trinajstić information content (AvgIpc) is 3.38. The highest BCUT2D eigenvalue weighted by atomic mass is 32.1. The van der Waals surface area contributed by atoms with Gasteiger partial charge in [0.2, 0.25) is 0 Å². The first-order valence-corrected chi connectivity index (χ1v) is 16.1. The maximum Gasteiger partial charge on any atom is 0.356 e. The molecule has 0 bridgehead atoms. The quantitative estimate of drug-likeness (QED) is 0.219. The number of rotatable bonds is 7. The number of nitrogens with one attached hydrogen (secondary N) is 1. The van der Waals surface area contributed by atoms with Gasteiger partial charge in [-0.05, 0) is 66.5 Å². The highest BCUT2D eigenvalue weighted by Gasteiger charge is 2.35. The first-order valence-electron chi connectivity index (χ1n) is 15.3. The molecule has 0 radical (unpaired) electrons. The number of hydrogen-bond acceptors (Lipinski definition) is 7. The second-order valence-electron chi connectivity index (χ2n) is 12.8. The van der Waals surface area contributed by atoms with Crippen LogP contribution in [-0.2, 0) is 34.2 Å². The van der Waals surface area contributed by atoms with E-state index >= 15 is 0 Å². The molecule has 9 heteroatoms. The average molecular weight is 629 g/mol. The molecule has 0 saturated carbocycles. The van der Waals surface area contributed by atoms with Crippen LogP contribution in [0, 0.1) is 18.3 Å². The lowest BCUT2D eigenvalue weighted by Gasteiger charge is -2.33. The number of methoxy groups -OCH3 is 1. The van der Waals surface area contributed by atoms with Crippen molar-refractivity contribution in [3.8, 4) is 11.1 Å². The first kappa shape index (κ1) is 32.2. The third-order valence-electron chi connectivity index (χ3n) is 8.87. The van der Waals surface area contributed by atoms with E-state index in [1.807, 2.05) is 43.3 Å². The number of fused-ring (bicyclic) bond motifs is 2. The van der Waals surface area contributed by atoms with Gasteiger partial charge in [-0.25, -0.2) is 9.59 Å². The summed E-state index contributed by atoms with van der Waals surface area (Å²) in [6, 6.07) is 14.8. The van der Waals surface area contributed by atoms with Crippen molar-refractivity contribution < 1.29 is 23.9 Å². The fourth-order valence-electron chi connectivity index (χ4n) is 6.15.